The maximum atomic E-state index is 12.4. The molecule has 0 aliphatic heterocycles. The second-order valence-electron chi connectivity index (χ2n) is 16.5. The third-order valence-electron chi connectivity index (χ3n) is 11.0. The van der Waals surface area contributed by atoms with E-state index in [0.717, 1.165) is 38.5 Å². The van der Waals surface area contributed by atoms with Crippen LogP contribution in [0.4, 0.5) is 0 Å². The quantitative estimate of drug-likeness (QED) is 0.0427. The first-order valence-corrected chi connectivity index (χ1v) is 24.4. The normalized spacial score (nSPS) is 13.3. The Morgan fingerprint density at radius 3 is 1.16 bits per heavy atom. The molecule has 4 nitrogen and oxygen atoms in total. The lowest BCUT2D eigenvalue weighted by atomic mass is 10.0. The van der Waals surface area contributed by atoms with Gasteiger partial charge in [-0.3, -0.25) is 4.79 Å². The van der Waals surface area contributed by atoms with E-state index in [4.69, 9.17) is 0 Å². The summed E-state index contributed by atoms with van der Waals surface area (Å²) in [7, 11) is 0. The molecule has 0 aliphatic rings. The summed E-state index contributed by atoms with van der Waals surface area (Å²) >= 11 is 0. The molecule has 0 fully saturated rings. The summed E-state index contributed by atoms with van der Waals surface area (Å²) in [5, 5.41) is 23.0. The number of rotatable bonds is 44. The molecule has 0 heterocycles. The highest BCUT2D eigenvalue weighted by Gasteiger charge is 2.17. The van der Waals surface area contributed by atoms with Crippen LogP contribution in [0, 0.1) is 0 Å². The fourth-order valence-corrected chi connectivity index (χ4v) is 7.28. The molecule has 4 heteroatoms. The summed E-state index contributed by atoms with van der Waals surface area (Å²) in [6.07, 6.45) is 63.9. The van der Waals surface area contributed by atoms with Gasteiger partial charge in [-0.1, -0.05) is 229 Å². The molecule has 322 valence electrons. The molecule has 55 heavy (non-hydrogen) atoms. The molecular weight excluding hydrogens is 675 g/mol. The molecule has 0 bridgehead atoms. The van der Waals surface area contributed by atoms with Crippen molar-refractivity contribution in [1.29, 1.82) is 0 Å². The molecule has 1 amide bonds. The second kappa shape index (κ2) is 46.7. The Balaban J connectivity index is 3.50. The van der Waals surface area contributed by atoms with Gasteiger partial charge in [-0.25, -0.2) is 0 Å². The maximum Gasteiger partial charge on any atom is 0.220 e. The summed E-state index contributed by atoms with van der Waals surface area (Å²) in [4.78, 5) is 12.4. The topological polar surface area (TPSA) is 69.6 Å². The van der Waals surface area contributed by atoms with Gasteiger partial charge in [-0.05, 0) is 64.2 Å². The molecule has 0 radical (unpaired) electrons. The fraction of sp³-hybridized carbons (Fsp3) is 0.824. The predicted octanol–water partition coefficient (Wildman–Crippen LogP) is 15.5. The lowest BCUT2D eigenvalue weighted by Crippen LogP contribution is -2.45. The van der Waals surface area contributed by atoms with E-state index in [9.17, 15) is 15.0 Å². The van der Waals surface area contributed by atoms with Gasteiger partial charge in [0.1, 0.15) is 0 Å². The van der Waals surface area contributed by atoms with Gasteiger partial charge >= 0.3 is 0 Å². The van der Waals surface area contributed by atoms with E-state index < -0.39 is 12.1 Å². The van der Waals surface area contributed by atoms with E-state index in [2.05, 4.69) is 55.6 Å². The van der Waals surface area contributed by atoms with Gasteiger partial charge in [0, 0.05) is 6.42 Å². The van der Waals surface area contributed by atoms with Crippen molar-refractivity contribution in [2.75, 3.05) is 6.61 Å². The van der Waals surface area contributed by atoms with Crippen molar-refractivity contribution in [1.82, 2.24) is 5.32 Å². The lowest BCUT2D eigenvalue weighted by molar-refractivity contribution is -0.123. The van der Waals surface area contributed by atoms with Gasteiger partial charge in [0.15, 0.2) is 0 Å². The zero-order valence-electron chi connectivity index (χ0n) is 36.9. The van der Waals surface area contributed by atoms with Crippen LogP contribution in [0.1, 0.15) is 251 Å². The molecule has 0 saturated carbocycles. The van der Waals surface area contributed by atoms with Gasteiger partial charge < -0.3 is 15.5 Å². The van der Waals surface area contributed by atoms with Gasteiger partial charge in [0.05, 0.1) is 18.8 Å². The lowest BCUT2D eigenvalue weighted by Gasteiger charge is -2.19. The first-order chi connectivity index (χ1) is 27.2. The average Bonchev–Trinajstić information content (AvgIpc) is 3.19. The van der Waals surface area contributed by atoms with Crippen molar-refractivity contribution in [3.8, 4) is 0 Å². The smallest absolute Gasteiger partial charge is 0.220 e. The van der Waals surface area contributed by atoms with Crippen molar-refractivity contribution in [3.05, 3.63) is 48.6 Å². The SMILES string of the molecule is CCCCCCC/C=C\C/C=C\CCCCCCCCCCCCCCCCCCCC(=O)NC(CO)C(O)/C=C/CC/C=C/CCCCCCCCCC. The van der Waals surface area contributed by atoms with Gasteiger partial charge in [0.2, 0.25) is 5.91 Å². The number of hydrogen-bond acceptors (Lipinski definition) is 3. The Morgan fingerprint density at radius 2 is 0.764 bits per heavy atom. The summed E-state index contributed by atoms with van der Waals surface area (Å²) in [6, 6.07) is -0.638. The standard InChI is InChI=1S/C51H95NO3/c1-3-5-7-9-11-13-15-17-19-20-21-22-23-24-25-26-27-28-29-30-31-32-33-35-37-39-41-43-45-47-51(55)52-49(48-53)50(54)46-44-42-40-38-36-34-18-16-14-12-10-8-6-4-2/h15,17,20-21,36,38,44,46,49-50,53-54H,3-14,16,18-19,22-35,37,39-43,45,47-48H2,1-2H3,(H,52,55)/b17-15-,21-20-,38-36+,46-44+. The number of carbonyl (C=O) groups is 1. The van der Waals surface area contributed by atoms with E-state index >= 15 is 0 Å². The highest BCUT2D eigenvalue weighted by atomic mass is 16.3. The molecule has 0 aromatic heterocycles. The Bertz CT molecular complexity index is 877. The molecule has 2 atom stereocenters. The molecule has 2 unspecified atom stereocenters. The van der Waals surface area contributed by atoms with Crippen molar-refractivity contribution in [3.63, 3.8) is 0 Å². The predicted molar refractivity (Wildman–Crippen MR) is 244 cm³/mol. The second-order valence-corrected chi connectivity index (χ2v) is 16.5. The van der Waals surface area contributed by atoms with Crippen LogP contribution < -0.4 is 5.32 Å². The van der Waals surface area contributed by atoms with Gasteiger partial charge in [0.25, 0.3) is 0 Å². The number of amides is 1. The van der Waals surface area contributed by atoms with Crippen molar-refractivity contribution >= 4 is 5.91 Å². The Kier molecular flexibility index (Phi) is 45.3. The van der Waals surface area contributed by atoms with E-state index in [1.165, 1.54) is 193 Å². The molecule has 3 N–H and O–H groups in total. The van der Waals surface area contributed by atoms with Crippen LogP contribution in [0.3, 0.4) is 0 Å². The Labute approximate surface area is 344 Å². The zero-order chi connectivity index (χ0) is 40.0. The average molecular weight is 770 g/mol. The zero-order valence-corrected chi connectivity index (χ0v) is 36.9. The first-order valence-electron chi connectivity index (χ1n) is 24.4. The van der Waals surface area contributed by atoms with Crippen molar-refractivity contribution in [2.24, 2.45) is 0 Å². The van der Waals surface area contributed by atoms with Crippen LogP contribution >= 0.6 is 0 Å². The first kappa shape index (κ1) is 53.4. The number of unbranched alkanes of at least 4 members (excludes halogenated alkanes) is 31. The largest absolute Gasteiger partial charge is 0.394 e. The third kappa shape index (κ3) is 43.3. The summed E-state index contributed by atoms with van der Waals surface area (Å²) in [5.41, 5.74) is 0. The minimum Gasteiger partial charge on any atom is -0.394 e. The Morgan fingerprint density at radius 1 is 0.436 bits per heavy atom. The minimum atomic E-state index is -0.861. The summed E-state index contributed by atoms with van der Waals surface area (Å²) in [6.45, 7) is 4.29. The molecule has 0 aliphatic carbocycles. The van der Waals surface area contributed by atoms with Crippen LogP contribution in [-0.4, -0.2) is 34.9 Å². The number of carbonyl (C=O) groups excluding carboxylic acids is 1. The number of hydrogen-bond donors (Lipinski definition) is 3. The van der Waals surface area contributed by atoms with E-state index in [-0.39, 0.29) is 12.5 Å². The molecular formula is C51H95NO3. The van der Waals surface area contributed by atoms with Crippen molar-refractivity contribution in [2.45, 2.75) is 264 Å². The monoisotopic (exact) mass is 770 g/mol. The fourth-order valence-electron chi connectivity index (χ4n) is 7.28. The number of allylic oxidation sites excluding steroid dienone is 7. The molecule has 0 rings (SSSR count). The van der Waals surface area contributed by atoms with Gasteiger partial charge in [-0.15, -0.1) is 0 Å². The molecule has 0 saturated heterocycles. The van der Waals surface area contributed by atoms with Crippen LogP contribution in [0.15, 0.2) is 48.6 Å². The number of aliphatic hydroxyl groups excluding tert-OH is 2. The summed E-state index contributed by atoms with van der Waals surface area (Å²) < 4.78 is 0. The Hall–Kier alpha value is -1.65. The number of aliphatic hydroxyl groups is 2. The van der Waals surface area contributed by atoms with Crippen molar-refractivity contribution < 1.29 is 15.0 Å². The highest BCUT2D eigenvalue weighted by Crippen LogP contribution is 2.15. The summed E-state index contributed by atoms with van der Waals surface area (Å²) in [5.74, 6) is -0.0729. The van der Waals surface area contributed by atoms with Crippen LogP contribution in [-0.2, 0) is 4.79 Å². The molecule has 0 aromatic rings. The van der Waals surface area contributed by atoms with Crippen LogP contribution in [0.2, 0.25) is 0 Å². The third-order valence-corrected chi connectivity index (χ3v) is 11.0. The van der Waals surface area contributed by atoms with E-state index in [1.807, 2.05) is 6.08 Å². The van der Waals surface area contributed by atoms with Crippen LogP contribution in [0.25, 0.3) is 0 Å². The van der Waals surface area contributed by atoms with E-state index in [1.54, 1.807) is 6.08 Å². The molecule has 0 spiro atoms. The maximum absolute atomic E-state index is 12.4. The number of nitrogens with one attached hydrogen (secondary N) is 1. The minimum absolute atomic E-state index is 0.0729. The van der Waals surface area contributed by atoms with Crippen LogP contribution in [0.5, 0.6) is 0 Å². The van der Waals surface area contributed by atoms with E-state index in [0.29, 0.717) is 6.42 Å². The highest BCUT2D eigenvalue weighted by molar-refractivity contribution is 5.76. The molecule has 0 aromatic carbocycles. The van der Waals surface area contributed by atoms with Gasteiger partial charge in [-0.2, -0.15) is 0 Å².